The summed E-state index contributed by atoms with van der Waals surface area (Å²) in [4.78, 5) is 36.3. The van der Waals surface area contributed by atoms with E-state index in [1.165, 1.54) is 18.2 Å². The minimum Gasteiger partial charge on any atom is -0.461 e. The summed E-state index contributed by atoms with van der Waals surface area (Å²) in [6, 6.07) is 15.3. The fourth-order valence-electron chi connectivity index (χ4n) is 3.55. The van der Waals surface area contributed by atoms with Gasteiger partial charge in [-0.15, -0.1) is 0 Å². The summed E-state index contributed by atoms with van der Waals surface area (Å²) in [5.41, 5.74) is 2.89. The topological polar surface area (TPSA) is 103 Å². The zero-order chi connectivity index (χ0) is 22.5. The first kappa shape index (κ1) is 21.8. The molecule has 1 heterocycles. The van der Waals surface area contributed by atoms with E-state index in [9.17, 15) is 19.7 Å². The van der Waals surface area contributed by atoms with E-state index in [1.54, 1.807) is 31.4 Å². The van der Waals surface area contributed by atoms with Crippen LogP contribution >= 0.6 is 0 Å². The van der Waals surface area contributed by atoms with Crippen LogP contribution in [0.4, 0.5) is 11.4 Å². The molecule has 0 radical (unpaired) electrons. The molecule has 1 amide bonds. The van der Waals surface area contributed by atoms with Gasteiger partial charge in [0.15, 0.2) is 0 Å². The van der Waals surface area contributed by atoms with Crippen molar-refractivity contribution in [1.29, 1.82) is 0 Å². The molecule has 160 valence electrons. The second kappa shape index (κ2) is 9.25. The molecule has 1 aromatic heterocycles. The van der Waals surface area contributed by atoms with Crippen LogP contribution in [0.15, 0.2) is 54.6 Å². The van der Waals surface area contributed by atoms with Crippen LogP contribution < -0.4 is 5.32 Å². The zero-order valence-corrected chi connectivity index (χ0v) is 17.5. The molecule has 0 bridgehead atoms. The van der Waals surface area contributed by atoms with Crippen LogP contribution in [0.5, 0.6) is 0 Å². The van der Waals surface area contributed by atoms with Gasteiger partial charge in [0, 0.05) is 30.1 Å². The van der Waals surface area contributed by atoms with Gasteiger partial charge < -0.3 is 14.6 Å². The highest BCUT2D eigenvalue weighted by molar-refractivity contribution is 6.08. The minimum atomic E-state index is -0.526. The third kappa shape index (κ3) is 4.63. The van der Waals surface area contributed by atoms with Crippen molar-refractivity contribution in [3.8, 4) is 0 Å². The standard InChI is InChI=1S/C23H23N3O5/c1-4-31-23(28)21-15(2)20(16(3)25(21)14-17-9-6-5-7-10-17)22(27)24-18-11-8-12-19(13-18)26(29)30/h5-13H,4,14H2,1-3H3,(H,24,27). The van der Waals surface area contributed by atoms with Crippen molar-refractivity contribution in [2.24, 2.45) is 0 Å². The van der Waals surface area contributed by atoms with Gasteiger partial charge >= 0.3 is 5.97 Å². The molecule has 1 N–H and O–H groups in total. The molecule has 0 aliphatic heterocycles. The number of carbonyl (C=O) groups excluding carboxylic acids is 2. The van der Waals surface area contributed by atoms with Gasteiger partial charge in [0.05, 0.1) is 17.1 Å². The van der Waals surface area contributed by atoms with Crippen LogP contribution in [0.2, 0.25) is 0 Å². The van der Waals surface area contributed by atoms with Gasteiger partial charge in [-0.05, 0) is 38.0 Å². The number of non-ortho nitro benzene ring substituents is 1. The Balaban J connectivity index is 2.02. The van der Waals surface area contributed by atoms with Gasteiger partial charge in [0.25, 0.3) is 11.6 Å². The monoisotopic (exact) mass is 421 g/mol. The third-order valence-electron chi connectivity index (χ3n) is 4.96. The average molecular weight is 421 g/mol. The number of ether oxygens (including phenoxy) is 1. The largest absolute Gasteiger partial charge is 0.461 e. The van der Waals surface area contributed by atoms with Crippen molar-refractivity contribution < 1.29 is 19.2 Å². The number of anilines is 1. The Morgan fingerprint density at radius 1 is 1.10 bits per heavy atom. The predicted molar refractivity (Wildman–Crippen MR) is 116 cm³/mol. The molecule has 0 aliphatic carbocycles. The first-order chi connectivity index (χ1) is 14.8. The Bertz CT molecular complexity index is 1140. The SMILES string of the molecule is CCOC(=O)c1c(C)c(C(=O)Nc2cccc([N+](=O)[O-])c2)c(C)n1Cc1ccccc1. The van der Waals surface area contributed by atoms with Crippen LogP contribution in [-0.4, -0.2) is 28.0 Å². The lowest BCUT2D eigenvalue weighted by atomic mass is 10.1. The maximum absolute atomic E-state index is 13.1. The summed E-state index contributed by atoms with van der Waals surface area (Å²) in [6.07, 6.45) is 0. The molecule has 8 heteroatoms. The summed E-state index contributed by atoms with van der Waals surface area (Å²) in [5, 5.41) is 13.7. The highest BCUT2D eigenvalue weighted by Crippen LogP contribution is 2.26. The Morgan fingerprint density at radius 3 is 2.45 bits per heavy atom. The molecule has 0 fully saturated rings. The first-order valence-electron chi connectivity index (χ1n) is 9.80. The van der Waals surface area contributed by atoms with E-state index in [0.717, 1.165) is 5.56 Å². The molecule has 0 unspecified atom stereocenters. The summed E-state index contributed by atoms with van der Waals surface area (Å²) in [6.45, 7) is 5.79. The Labute approximate surface area is 179 Å². The van der Waals surface area contributed by atoms with Crippen molar-refractivity contribution in [2.75, 3.05) is 11.9 Å². The molecule has 2 aromatic carbocycles. The number of hydrogen-bond acceptors (Lipinski definition) is 5. The number of carbonyl (C=O) groups is 2. The molecule has 0 atom stereocenters. The van der Waals surface area contributed by atoms with Crippen molar-refractivity contribution in [3.05, 3.63) is 92.8 Å². The van der Waals surface area contributed by atoms with E-state index in [1.807, 2.05) is 30.3 Å². The molecule has 0 aliphatic rings. The van der Waals surface area contributed by atoms with E-state index in [4.69, 9.17) is 4.74 Å². The van der Waals surface area contributed by atoms with Crippen LogP contribution in [-0.2, 0) is 11.3 Å². The quantitative estimate of drug-likeness (QED) is 0.344. The number of nitrogens with zero attached hydrogens (tertiary/aromatic N) is 2. The molecule has 8 nitrogen and oxygen atoms in total. The van der Waals surface area contributed by atoms with E-state index < -0.39 is 16.8 Å². The molecule has 0 spiro atoms. The van der Waals surface area contributed by atoms with Crippen molar-refractivity contribution in [3.63, 3.8) is 0 Å². The van der Waals surface area contributed by atoms with Crippen molar-refractivity contribution in [1.82, 2.24) is 4.57 Å². The number of aromatic nitrogens is 1. The summed E-state index contributed by atoms with van der Waals surface area (Å²) >= 11 is 0. The number of nitrogens with one attached hydrogen (secondary N) is 1. The van der Waals surface area contributed by atoms with E-state index in [-0.39, 0.29) is 12.3 Å². The van der Waals surface area contributed by atoms with Gasteiger partial charge in [-0.25, -0.2) is 4.79 Å². The van der Waals surface area contributed by atoms with Crippen LogP contribution in [0.3, 0.4) is 0 Å². The van der Waals surface area contributed by atoms with E-state index in [2.05, 4.69) is 5.32 Å². The maximum Gasteiger partial charge on any atom is 0.355 e. The second-order valence-electron chi connectivity index (χ2n) is 6.99. The lowest BCUT2D eigenvalue weighted by Gasteiger charge is -2.12. The number of nitro benzene ring substituents is 1. The Hall–Kier alpha value is -3.94. The van der Waals surface area contributed by atoms with Crippen LogP contribution in [0.1, 0.15) is 44.6 Å². The van der Waals surface area contributed by atoms with Crippen molar-refractivity contribution >= 4 is 23.3 Å². The van der Waals surface area contributed by atoms with Gasteiger partial charge in [0.1, 0.15) is 5.69 Å². The van der Waals surface area contributed by atoms with Crippen molar-refractivity contribution in [2.45, 2.75) is 27.3 Å². The van der Waals surface area contributed by atoms with Gasteiger partial charge in [0.2, 0.25) is 0 Å². The molecular weight excluding hydrogens is 398 g/mol. The minimum absolute atomic E-state index is 0.125. The van der Waals surface area contributed by atoms with E-state index >= 15 is 0 Å². The molecule has 0 saturated heterocycles. The molecule has 0 saturated carbocycles. The number of esters is 1. The summed E-state index contributed by atoms with van der Waals surface area (Å²) in [7, 11) is 0. The first-order valence-corrected chi connectivity index (χ1v) is 9.80. The van der Waals surface area contributed by atoms with E-state index in [0.29, 0.717) is 34.7 Å². The summed E-state index contributed by atoms with van der Waals surface area (Å²) in [5.74, 6) is -0.957. The molecular formula is C23H23N3O5. The zero-order valence-electron chi connectivity index (χ0n) is 17.5. The van der Waals surface area contributed by atoms with Crippen LogP contribution in [0, 0.1) is 24.0 Å². The highest BCUT2D eigenvalue weighted by Gasteiger charge is 2.27. The second-order valence-corrected chi connectivity index (χ2v) is 6.99. The number of benzene rings is 2. The predicted octanol–water partition coefficient (Wildman–Crippen LogP) is 4.49. The lowest BCUT2D eigenvalue weighted by Crippen LogP contribution is -2.15. The number of rotatable bonds is 7. The lowest BCUT2D eigenvalue weighted by molar-refractivity contribution is -0.384. The van der Waals surface area contributed by atoms with Crippen LogP contribution in [0.25, 0.3) is 0 Å². The number of hydrogen-bond donors (Lipinski definition) is 1. The molecule has 3 rings (SSSR count). The highest BCUT2D eigenvalue weighted by atomic mass is 16.6. The normalized spacial score (nSPS) is 10.5. The molecule has 31 heavy (non-hydrogen) atoms. The Morgan fingerprint density at radius 2 is 1.81 bits per heavy atom. The fraction of sp³-hybridized carbons (Fsp3) is 0.217. The molecule has 3 aromatic rings. The van der Waals surface area contributed by atoms with Gasteiger partial charge in [-0.3, -0.25) is 14.9 Å². The maximum atomic E-state index is 13.1. The average Bonchev–Trinajstić information content (AvgIpc) is 2.98. The fourth-order valence-corrected chi connectivity index (χ4v) is 3.55. The van der Waals surface area contributed by atoms with Gasteiger partial charge in [-0.2, -0.15) is 0 Å². The smallest absolute Gasteiger partial charge is 0.355 e. The Kier molecular flexibility index (Phi) is 6.49. The number of nitro groups is 1. The summed E-state index contributed by atoms with van der Waals surface area (Å²) < 4.78 is 7.00. The van der Waals surface area contributed by atoms with Gasteiger partial charge in [-0.1, -0.05) is 36.4 Å². The third-order valence-corrected chi connectivity index (χ3v) is 4.96. The number of amides is 1.